The van der Waals surface area contributed by atoms with Gasteiger partial charge in [0.15, 0.2) is 10.8 Å². The van der Waals surface area contributed by atoms with Crippen molar-refractivity contribution in [2.45, 2.75) is 18.1 Å². The number of hydrogen-bond acceptors (Lipinski definition) is 9. The lowest BCUT2D eigenvalue weighted by atomic mass is 9.94. The SMILES string of the molecule is COC(=O)C1=C(CN2C3COCC2CN(C)C3)NC(c2nccs2)=NC1c1ccc(F)cc1Cl. The van der Waals surface area contributed by atoms with Crippen LogP contribution < -0.4 is 5.32 Å². The van der Waals surface area contributed by atoms with Gasteiger partial charge in [0.1, 0.15) is 11.9 Å². The van der Waals surface area contributed by atoms with Gasteiger partial charge in [-0.1, -0.05) is 17.7 Å². The second kappa shape index (κ2) is 9.71. The molecule has 3 unspecified atom stereocenters. The highest BCUT2D eigenvalue weighted by atomic mass is 35.5. The molecule has 2 aromatic rings. The van der Waals surface area contributed by atoms with Crippen molar-refractivity contribution in [2.24, 2.45) is 4.99 Å². The highest BCUT2D eigenvalue weighted by Gasteiger charge is 2.40. The smallest absolute Gasteiger partial charge is 0.338 e. The van der Waals surface area contributed by atoms with Crippen LogP contribution in [-0.4, -0.2) is 85.7 Å². The van der Waals surface area contributed by atoms with E-state index in [0.717, 1.165) is 13.1 Å². The minimum atomic E-state index is -0.765. The maximum atomic E-state index is 13.8. The Balaban J connectivity index is 1.60. The number of methoxy groups -OCH3 is 1. The number of nitrogens with zero attached hydrogens (tertiary/aromatic N) is 4. The summed E-state index contributed by atoms with van der Waals surface area (Å²) >= 11 is 7.87. The van der Waals surface area contributed by atoms with Gasteiger partial charge in [0.25, 0.3) is 0 Å². The highest BCUT2D eigenvalue weighted by Crippen LogP contribution is 2.37. The lowest BCUT2D eigenvalue weighted by Crippen LogP contribution is -2.64. The molecule has 3 aliphatic heterocycles. The molecule has 2 saturated heterocycles. The largest absolute Gasteiger partial charge is 0.466 e. The molecule has 4 heterocycles. The Morgan fingerprint density at radius 1 is 1.35 bits per heavy atom. The number of aliphatic imine (C=N–C) groups is 1. The highest BCUT2D eigenvalue weighted by molar-refractivity contribution is 7.11. The zero-order valence-electron chi connectivity index (χ0n) is 18.8. The van der Waals surface area contributed by atoms with Crippen molar-refractivity contribution < 1.29 is 18.7 Å². The number of thiazole rings is 1. The summed E-state index contributed by atoms with van der Waals surface area (Å²) in [5.74, 6) is -0.426. The number of nitrogens with one attached hydrogen (secondary N) is 1. The molecule has 3 aliphatic rings. The fourth-order valence-electron chi connectivity index (χ4n) is 4.85. The number of halogens is 2. The molecule has 0 radical (unpaired) electrons. The zero-order valence-corrected chi connectivity index (χ0v) is 20.4. The van der Waals surface area contributed by atoms with Gasteiger partial charge < -0.3 is 19.7 Å². The standard InChI is InChI=1S/C23H25ClFN5O3S/c1-29-8-14-11-33-12-15(9-29)30(14)10-18-19(23(31)32-2)20(16-4-3-13(25)7-17(16)24)28-21(27-18)22-26-5-6-34-22/h3-7,14-15,20H,8-12H2,1-2H3,(H,27,28). The Kier molecular flexibility index (Phi) is 6.67. The summed E-state index contributed by atoms with van der Waals surface area (Å²) in [4.78, 5) is 27.0. The van der Waals surface area contributed by atoms with Crippen LogP contribution in [0.3, 0.4) is 0 Å². The van der Waals surface area contributed by atoms with Gasteiger partial charge in [0, 0.05) is 59.6 Å². The molecule has 180 valence electrons. The van der Waals surface area contributed by atoms with Crippen LogP contribution in [0.4, 0.5) is 4.39 Å². The van der Waals surface area contributed by atoms with E-state index in [1.54, 1.807) is 12.3 Å². The van der Waals surface area contributed by atoms with Crippen molar-refractivity contribution in [1.82, 2.24) is 20.1 Å². The third kappa shape index (κ3) is 4.48. The number of morpholine rings is 1. The first kappa shape index (κ1) is 23.4. The Hall–Kier alpha value is -2.37. The van der Waals surface area contributed by atoms with Gasteiger partial charge in [-0.25, -0.2) is 14.2 Å². The molecule has 1 aromatic carbocycles. The summed E-state index contributed by atoms with van der Waals surface area (Å²) in [6.07, 6.45) is 1.70. The van der Waals surface area contributed by atoms with Gasteiger partial charge in [0.05, 0.1) is 25.9 Å². The van der Waals surface area contributed by atoms with Gasteiger partial charge in [-0.05, 0) is 19.2 Å². The second-order valence-corrected chi connectivity index (χ2v) is 9.93. The van der Waals surface area contributed by atoms with E-state index in [1.165, 1.54) is 30.6 Å². The molecule has 0 amide bonds. The second-order valence-electron chi connectivity index (χ2n) is 8.63. The van der Waals surface area contributed by atoms with E-state index in [1.807, 2.05) is 5.38 Å². The predicted molar refractivity (Wildman–Crippen MR) is 128 cm³/mol. The Morgan fingerprint density at radius 3 is 2.76 bits per heavy atom. The van der Waals surface area contributed by atoms with Crippen LogP contribution in [0.1, 0.15) is 16.6 Å². The van der Waals surface area contributed by atoms with Gasteiger partial charge in [-0.2, -0.15) is 0 Å². The van der Waals surface area contributed by atoms with Gasteiger partial charge in [0.2, 0.25) is 0 Å². The number of carbonyl (C=O) groups is 1. The minimum Gasteiger partial charge on any atom is -0.466 e. The van der Waals surface area contributed by atoms with Crippen molar-refractivity contribution in [2.75, 3.05) is 47.0 Å². The van der Waals surface area contributed by atoms with E-state index in [9.17, 15) is 9.18 Å². The Bertz CT molecular complexity index is 1130. The van der Waals surface area contributed by atoms with Crippen molar-refractivity contribution >= 4 is 34.7 Å². The van der Waals surface area contributed by atoms with Crippen LogP contribution in [0, 0.1) is 5.82 Å². The summed E-state index contributed by atoms with van der Waals surface area (Å²) in [6, 6.07) is 3.74. The number of benzene rings is 1. The summed E-state index contributed by atoms with van der Waals surface area (Å²) in [6.45, 7) is 3.48. The molecule has 0 spiro atoms. The fraction of sp³-hybridized carbons (Fsp3) is 0.435. The third-order valence-electron chi connectivity index (χ3n) is 6.37. The molecular weight excluding hydrogens is 481 g/mol. The number of carbonyl (C=O) groups excluding carboxylic acids is 1. The number of ether oxygens (including phenoxy) is 2. The molecule has 1 aromatic heterocycles. The number of piperazine rings is 1. The minimum absolute atomic E-state index is 0.194. The average molecular weight is 506 g/mol. The van der Waals surface area contributed by atoms with Gasteiger partial charge in [-0.15, -0.1) is 11.3 Å². The molecule has 5 rings (SSSR count). The number of aromatic nitrogens is 1. The molecule has 8 nitrogen and oxygen atoms in total. The number of fused-ring (bicyclic) bond motifs is 2. The van der Waals surface area contributed by atoms with Crippen LogP contribution in [0.5, 0.6) is 0 Å². The summed E-state index contributed by atoms with van der Waals surface area (Å²) in [5.41, 5.74) is 1.56. The first-order chi connectivity index (χ1) is 16.4. The lowest BCUT2D eigenvalue weighted by Gasteiger charge is -2.49. The Labute approximate surface area is 206 Å². The number of hydrogen-bond donors (Lipinski definition) is 1. The van der Waals surface area contributed by atoms with Crippen molar-refractivity contribution in [3.05, 3.63) is 62.5 Å². The molecule has 34 heavy (non-hydrogen) atoms. The number of esters is 1. The van der Waals surface area contributed by atoms with Crippen LogP contribution in [0.15, 0.2) is 46.0 Å². The van der Waals surface area contributed by atoms with Crippen LogP contribution in [0.2, 0.25) is 5.02 Å². The van der Waals surface area contributed by atoms with Crippen molar-refractivity contribution in [3.8, 4) is 0 Å². The monoisotopic (exact) mass is 505 g/mol. The van der Waals surface area contributed by atoms with E-state index in [2.05, 4.69) is 27.1 Å². The van der Waals surface area contributed by atoms with Crippen molar-refractivity contribution in [3.63, 3.8) is 0 Å². The summed E-state index contributed by atoms with van der Waals surface area (Å²) in [5, 5.41) is 6.11. The summed E-state index contributed by atoms with van der Waals surface area (Å²) < 4.78 is 24.8. The lowest BCUT2D eigenvalue weighted by molar-refractivity contribution is -0.136. The predicted octanol–water partition coefficient (Wildman–Crippen LogP) is 2.47. The van der Waals surface area contributed by atoms with Crippen molar-refractivity contribution in [1.29, 1.82) is 0 Å². The van der Waals surface area contributed by atoms with Crippen LogP contribution in [-0.2, 0) is 14.3 Å². The zero-order chi connectivity index (χ0) is 23.8. The topological polar surface area (TPSA) is 79.3 Å². The maximum Gasteiger partial charge on any atom is 0.338 e. The molecular formula is C23H25ClFN5O3S. The Morgan fingerprint density at radius 2 is 2.12 bits per heavy atom. The van der Waals surface area contributed by atoms with Crippen LogP contribution in [0.25, 0.3) is 0 Å². The number of likely N-dealkylation sites (N-methyl/N-ethyl adjacent to an activating group) is 1. The van der Waals surface area contributed by atoms with E-state index in [4.69, 9.17) is 26.1 Å². The number of amidine groups is 1. The first-order valence-electron chi connectivity index (χ1n) is 11.0. The molecule has 0 saturated carbocycles. The van der Waals surface area contributed by atoms with E-state index in [-0.39, 0.29) is 17.1 Å². The van der Waals surface area contributed by atoms with E-state index < -0.39 is 17.8 Å². The quantitative estimate of drug-likeness (QED) is 0.625. The molecule has 3 atom stereocenters. The molecule has 2 bridgehead atoms. The molecule has 11 heteroatoms. The van der Waals surface area contributed by atoms with E-state index >= 15 is 0 Å². The average Bonchev–Trinajstić information content (AvgIpc) is 3.34. The maximum absolute atomic E-state index is 13.8. The van der Waals surface area contributed by atoms with E-state index in [0.29, 0.717) is 47.4 Å². The first-order valence-corrected chi connectivity index (χ1v) is 12.2. The molecule has 0 aliphatic carbocycles. The van der Waals surface area contributed by atoms with Gasteiger partial charge in [-0.3, -0.25) is 9.89 Å². The van der Waals surface area contributed by atoms with Gasteiger partial charge >= 0.3 is 5.97 Å². The van der Waals surface area contributed by atoms with Crippen LogP contribution >= 0.6 is 22.9 Å². The fourth-order valence-corrected chi connectivity index (χ4v) is 5.71. The normalized spacial score (nSPS) is 25.6. The third-order valence-corrected chi connectivity index (χ3v) is 7.47. The molecule has 1 N–H and O–H groups in total. The molecule has 2 fully saturated rings. The summed E-state index contributed by atoms with van der Waals surface area (Å²) in [7, 11) is 3.45. The number of rotatable bonds is 5.